The average Bonchev–Trinajstić information content (AvgIpc) is 3.04. The first-order valence-electron chi connectivity index (χ1n) is 11.5. The number of imide groups is 1. The monoisotopic (exact) mass is 422 g/mol. The summed E-state index contributed by atoms with van der Waals surface area (Å²) in [5.41, 5.74) is -0.892. The van der Waals surface area contributed by atoms with Crippen LogP contribution in [0.2, 0.25) is 0 Å². The number of nitrogens with zero attached hydrogens (tertiary/aromatic N) is 2. The lowest BCUT2D eigenvalue weighted by Crippen LogP contribution is -2.56. The van der Waals surface area contributed by atoms with Crippen molar-refractivity contribution in [2.45, 2.75) is 112 Å². The second-order valence-electron chi connectivity index (χ2n) is 11.7. The Bertz CT molecular complexity index is 653. The van der Waals surface area contributed by atoms with E-state index in [-0.39, 0.29) is 11.8 Å². The number of carbonyl (C=O) groups excluding carboxylic acids is 3. The van der Waals surface area contributed by atoms with Crippen molar-refractivity contribution < 1.29 is 19.1 Å². The first kappa shape index (κ1) is 24.7. The molecule has 0 spiro atoms. The number of likely N-dealkylation sites (tertiary alicyclic amines) is 1. The molecule has 2 rings (SSSR count). The van der Waals surface area contributed by atoms with Crippen molar-refractivity contribution in [3.63, 3.8) is 0 Å². The van der Waals surface area contributed by atoms with Crippen molar-refractivity contribution >= 4 is 17.9 Å². The number of carbonyl (C=O) groups is 3. The average molecular weight is 423 g/mol. The van der Waals surface area contributed by atoms with Crippen molar-refractivity contribution in [1.29, 1.82) is 0 Å². The molecule has 172 valence electrons. The lowest BCUT2D eigenvalue weighted by molar-refractivity contribution is -0.156. The lowest BCUT2D eigenvalue weighted by atomic mass is 9.68. The predicted octanol–water partition coefficient (Wildman–Crippen LogP) is 5.35. The Morgan fingerprint density at radius 2 is 1.60 bits per heavy atom. The van der Waals surface area contributed by atoms with Gasteiger partial charge in [-0.05, 0) is 77.0 Å². The normalized spacial score (nSPS) is 22.7. The molecule has 30 heavy (non-hydrogen) atoms. The molecule has 2 aliphatic rings. The van der Waals surface area contributed by atoms with Gasteiger partial charge < -0.3 is 4.74 Å². The Morgan fingerprint density at radius 3 is 2.10 bits per heavy atom. The number of hydrogen-bond acceptors (Lipinski definition) is 4. The summed E-state index contributed by atoms with van der Waals surface area (Å²) >= 11 is 0. The summed E-state index contributed by atoms with van der Waals surface area (Å²) in [6.45, 7) is 15.9. The molecule has 2 fully saturated rings. The number of hydrogen-bond donors (Lipinski definition) is 0. The summed E-state index contributed by atoms with van der Waals surface area (Å²) in [5.74, 6) is 0.00919. The Hall–Kier alpha value is -1.59. The summed E-state index contributed by atoms with van der Waals surface area (Å²) in [5, 5.41) is 0. The third kappa shape index (κ3) is 6.21. The molecule has 1 aliphatic carbocycles. The molecule has 0 radical (unpaired) electrons. The molecule has 1 atom stereocenters. The summed E-state index contributed by atoms with van der Waals surface area (Å²) < 4.78 is 5.53. The van der Waals surface area contributed by atoms with Crippen molar-refractivity contribution in [2.24, 2.45) is 16.7 Å². The Labute approximate surface area is 182 Å². The molecule has 6 nitrogen and oxygen atoms in total. The lowest BCUT2D eigenvalue weighted by Gasteiger charge is -2.41. The molecular weight excluding hydrogens is 380 g/mol. The maximum atomic E-state index is 13.6. The van der Waals surface area contributed by atoms with Gasteiger partial charge in [-0.15, -0.1) is 0 Å². The zero-order valence-electron chi connectivity index (χ0n) is 20.3. The van der Waals surface area contributed by atoms with Gasteiger partial charge in [-0.1, -0.05) is 27.7 Å². The predicted molar refractivity (Wildman–Crippen MR) is 118 cm³/mol. The molecule has 3 amide bonds. The van der Waals surface area contributed by atoms with E-state index in [1.165, 1.54) is 24.7 Å². The van der Waals surface area contributed by atoms with Gasteiger partial charge in [0.1, 0.15) is 11.8 Å². The van der Waals surface area contributed by atoms with E-state index >= 15 is 0 Å². The fourth-order valence-electron chi connectivity index (χ4n) is 4.84. The molecule has 1 unspecified atom stereocenters. The van der Waals surface area contributed by atoms with E-state index in [0.717, 1.165) is 25.7 Å². The summed E-state index contributed by atoms with van der Waals surface area (Å²) in [6.07, 6.45) is 5.68. The SMILES string of the molecule is CC(=O)N(C(=O)C(C)(C)CC1CCC(C)(C)CC1)C1CCCN1C(=O)OC(C)(C)C. The second kappa shape index (κ2) is 8.88. The molecule has 0 aromatic heterocycles. The Morgan fingerprint density at radius 1 is 1.03 bits per heavy atom. The number of rotatable bonds is 4. The van der Waals surface area contributed by atoms with Gasteiger partial charge in [-0.2, -0.15) is 0 Å². The summed E-state index contributed by atoms with van der Waals surface area (Å²) in [4.78, 5) is 41.7. The van der Waals surface area contributed by atoms with E-state index in [2.05, 4.69) is 13.8 Å². The van der Waals surface area contributed by atoms with Gasteiger partial charge in [-0.25, -0.2) is 4.79 Å². The highest BCUT2D eigenvalue weighted by Gasteiger charge is 2.45. The topological polar surface area (TPSA) is 66.9 Å². The highest BCUT2D eigenvalue weighted by Crippen LogP contribution is 2.43. The van der Waals surface area contributed by atoms with Gasteiger partial charge in [0, 0.05) is 18.9 Å². The van der Waals surface area contributed by atoms with E-state index < -0.39 is 23.3 Å². The Kier molecular flexibility index (Phi) is 7.30. The third-order valence-electron chi connectivity index (χ3n) is 6.54. The standard InChI is InChI=1S/C24H42N2O4/c1-17(27)26(19-10-9-15-25(19)21(29)30-22(2,3)4)20(28)24(7,8)16-18-11-13-23(5,6)14-12-18/h18-19H,9-16H2,1-8H3. The molecule has 0 bridgehead atoms. The van der Waals surface area contributed by atoms with Crippen LogP contribution in [0.3, 0.4) is 0 Å². The van der Waals surface area contributed by atoms with Crippen LogP contribution >= 0.6 is 0 Å². The Balaban J connectivity index is 2.14. The molecule has 1 heterocycles. The van der Waals surface area contributed by atoms with Crippen molar-refractivity contribution in [2.75, 3.05) is 6.54 Å². The van der Waals surface area contributed by atoms with Gasteiger partial charge in [0.2, 0.25) is 11.8 Å². The maximum Gasteiger partial charge on any atom is 0.411 e. The van der Waals surface area contributed by atoms with Crippen molar-refractivity contribution in [3.8, 4) is 0 Å². The van der Waals surface area contributed by atoms with Crippen LogP contribution in [-0.4, -0.2) is 46.0 Å². The molecule has 0 N–H and O–H groups in total. The molecule has 1 aliphatic heterocycles. The van der Waals surface area contributed by atoms with Crippen LogP contribution in [0.25, 0.3) is 0 Å². The van der Waals surface area contributed by atoms with Crippen LogP contribution in [0.5, 0.6) is 0 Å². The van der Waals surface area contributed by atoms with E-state index in [0.29, 0.717) is 24.3 Å². The quantitative estimate of drug-likeness (QED) is 0.612. The van der Waals surface area contributed by atoms with Crippen LogP contribution in [-0.2, 0) is 14.3 Å². The van der Waals surface area contributed by atoms with E-state index in [4.69, 9.17) is 4.74 Å². The minimum atomic E-state index is -0.653. The van der Waals surface area contributed by atoms with E-state index in [1.807, 2.05) is 34.6 Å². The van der Waals surface area contributed by atoms with Crippen molar-refractivity contribution in [1.82, 2.24) is 9.80 Å². The molecule has 0 aromatic carbocycles. The van der Waals surface area contributed by atoms with Crippen LogP contribution in [0, 0.1) is 16.7 Å². The number of amides is 3. The summed E-state index contributed by atoms with van der Waals surface area (Å²) in [7, 11) is 0. The van der Waals surface area contributed by atoms with Crippen LogP contribution in [0.4, 0.5) is 4.79 Å². The van der Waals surface area contributed by atoms with Crippen LogP contribution < -0.4 is 0 Å². The van der Waals surface area contributed by atoms with Gasteiger partial charge in [0.15, 0.2) is 0 Å². The fourth-order valence-corrected chi connectivity index (χ4v) is 4.84. The largest absolute Gasteiger partial charge is 0.444 e. The maximum absolute atomic E-state index is 13.6. The molecule has 1 saturated heterocycles. The van der Waals surface area contributed by atoms with Gasteiger partial charge in [0.05, 0.1) is 0 Å². The van der Waals surface area contributed by atoms with Gasteiger partial charge >= 0.3 is 6.09 Å². The van der Waals surface area contributed by atoms with Crippen LogP contribution in [0.15, 0.2) is 0 Å². The number of ether oxygens (including phenoxy) is 1. The second-order valence-corrected chi connectivity index (χ2v) is 11.7. The highest BCUT2D eigenvalue weighted by molar-refractivity contribution is 5.97. The van der Waals surface area contributed by atoms with Crippen molar-refractivity contribution in [3.05, 3.63) is 0 Å². The molecular formula is C24H42N2O4. The van der Waals surface area contributed by atoms with Gasteiger partial charge in [-0.3, -0.25) is 19.4 Å². The first-order valence-corrected chi connectivity index (χ1v) is 11.5. The minimum absolute atomic E-state index is 0.180. The molecule has 1 saturated carbocycles. The first-order chi connectivity index (χ1) is 13.6. The van der Waals surface area contributed by atoms with E-state index in [9.17, 15) is 14.4 Å². The van der Waals surface area contributed by atoms with Crippen LogP contribution in [0.1, 0.15) is 100 Å². The zero-order chi connectivity index (χ0) is 22.9. The third-order valence-corrected chi connectivity index (χ3v) is 6.54. The minimum Gasteiger partial charge on any atom is -0.444 e. The molecule has 0 aromatic rings. The fraction of sp³-hybridized carbons (Fsp3) is 0.875. The van der Waals surface area contributed by atoms with E-state index in [1.54, 1.807) is 4.90 Å². The highest BCUT2D eigenvalue weighted by atomic mass is 16.6. The molecule has 6 heteroatoms. The smallest absolute Gasteiger partial charge is 0.411 e. The van der Waals surface area contributed by atoms with Gasteiger partial charge in [0.25, 0.3) is 0 Å². The zero-order valence-corrected chi connectivity index (χ0v) is 20.3. The summed E-state index contributed by atoms with van der Waals surface area (Å²) in [6, 6.07) is 0.